The molecule has 0 heterocycles. The van der Waals surface area contributed by atoms with Crippen LogP contribution in [0.3, 0.4) is 0 Å². The summed E-state index contributed by atoms with van der Waals surface area (Å²) in [4.78, 5) is 2.25. The molecule has 14 heavy (non-hydrogen) atoms. The average Bonchev–Trinajstić information content (AvgIpc) is 2.12. The van der Waals surface area contributed by atoms with Crippen molar-refractivity contribution in [3.8, 4) is 0 Å². The van der Waals surface area contributed by atoms with Gasteiger partial charge in [0.2, 0.25) is 0 Å². The summed E-state index contributed by atoms with van der Waals surface area (Å²) in [6.45, 7) is 4.68. The van der Waals surface area contributed by atoms with Crippen LogP contribution in [0.2, 0.25) is 0 Å². The first-order valence-electron chi connectivity index (χ1n) is 5.67. The highest BCUT2D eigenvalue weighted by Gasteiger charge is 2.33. The Labute approximate surface area is 87.5 Å². The molecule has 1 heteroatoms. The fourth-order valence-electron chi connectivity index (χ4n) is 2.54. The van der Waals surface area contributed by atoms with E-state index < -0.39 is 0 Å². The van der Waals surface area contributed by atoms with Gasteiger partial charge in [0.1, 0.15) is 0 Å². The molecule has 0 aromatic rings. The molecule has 78 valence electrons. The van der Waals surface area contributed by atoms with Gasteiger partial charge in [-0.2, -0.15) is 0 Å². The molecule has 0 spiro atoms. The van der Waals surface area contributed by atoms with Gasteiger partial charge in [-0.05, 0) is 24.2 Å². The minimum atomic E-state index is 0.770. The molecule has 0 amide bonds. The highest BCUT2D eigenvalue weighted by Crippen LogP contribution is 2.42. The highest BCUT2D eigenvalue weighted by atomic mass is 15.1. The van der Waals surface area contributed by atoms with Crippen LogP contribution in [0, 0.1) is 23.7 Å². The molecular formula is C13H21N. The summed E-state index contributed by atoms with van der Waals surface area (Å²) in [6.07, 6.45) is 8.50. The van der Waals surface area contributed by atoms with Crippen molar-refractivity contribution in [3.05, 3.63) is 23.9 Å². The molecule has 2 aliphatic carbocycles. The predicted octanol–water partition coefficient (Wildman–Crippen LogP) is 2.91. The van der Waals surface area contributed by atoms with Crippen LogP contribution < -0.4 is 0 Å². The molecule has 4 unspecified atom stereocenters. The number of hydrogen-bond acceptors (Lipinski definition) is 1. The Morgan fingerprint density at radius 2 is 1.86 bits per heavy atom. The van der Waals surface area contributed by atoms with Crippen molar-refractivity contribution in [3.63, 3.8) is 0 Å². The Morgan fingerprint density at radius 1 is 1.14 bits per heavy atom. The fraction of sp³-hybridized carbons (Fsp3) is 0.692. The van der Waals surface area contributed by atoms with E-state index in [9.17, 15) is 0 Å². The van der Waals surface area contributed by atoms with Crippen molar-refractivity contribution in [2.45, 2.75) is 20.3 Å². The molecule has 0 saturated heterocycles. The molecular weight excluding hydrogens is 170 g/mol. The quantitative estimate of drug-likeness (QED) is 0.620. The van der Waals surface area contributed by atoms with Gasteiger partial charge in [0.05, 0.1) is 0 Å². The van der Waals surface area contributed by atoms with Crippen molar-refractivity contribution in [1.82, 2.24) is 4.90 Å². The predicted molar refractivity (Wildman–Crippen MR) is 60.8 cm³/mol. The van der Waals surface area contributed by atoms with E-state index in [0.717, 1.165) is 23.7 Å². The van der Waals surface area contributed by atoms with Crippen LogP contribution in [0.5, 0.6) is 0 Å². The van der Waals surface area contributed by atoms with E-state index in [1.807, 2.05) is 0 Å². The van der Waals surface area contributed by atoms with Gasteiger partial charge in [-0.15, -0.1) is 0 Å². The number of allylic oxidation sites excluding steroid dienone is 4. The molecule has 0 aliphatic heterocycles. The van der Waals surface area contributed by atoms with Crippen LogP contribution in [0.25, 0.3) is 0 Å². The first-order valence-corrected chi connectivity index (χ1v) is 5.67. The zero-order valence-corrected chi connectivity index (χ0v) is 9.70. The third-order valence-electron chi connectivity index (χ3n) is 3.89. The van der Waals surface area contributed by atoms with E-state index in [0.29, 0.717) is 0 Å². The summed E-state index contributed by atoms with van der Waals surface area (Å²) in [6, 6.07) is 0. The summed E-state index contributed by atoms with van der Waals surface area (Å²) in [5.41, 5.74) is 1.52. The lowest BCUT2D eigenvalue weighted by Crippen LogP contribution is -2.33. The SMILES string of the molecule is CC1C=CC1CC1C=C(N(C)C)C1C. The van der Waals surface area contributed by atoms with Crippen LogP contribution in [0.4, 0.5) is 0 Å². The smallest absolute Gasteiger partial charge is 0.0125 e. The van der Waals surface area contributed by atoms with Crippen LogP contribution in [-0.2, 0) is 0 Å². The maximum atomic E-state index is 2.45. The number of rotatable bonds is 3. The largest absolute Gasteiger partial charge is 0.381 e. The van der Waals surface area contributed by atoms with Crippen molar-refractivity contribution in [2.75, 3.05) is 14.1 Å². The van der Waals surface area contributed by atoms with Gasteiger partial charge in [-0.3, -0.25) is 0 Å². The topological polar surface area (TPSA) is 3.24 Å². The third kappa shape index (κ3) is 1.49. The monoisotopic (exact) mass is 191 g/mol. The summed E-state index contributed by atoms with van der Waals surface area (Å²) in [5, 5.41) is 0. The zero-order chi connectivity index (χ0) is 10.3. The Kier molecular flexibility index (Phi) is 2.42. The highest BCUT2D eigenvalue weighted by molar-refractivity contribution is 5.21. The molecule has 0 N–H and O–H groups in total. The second kappa shape index (κ2) is 3.45. The molecule has 0 aromatic carbocycles. The summed E-state index contributed by atoms with van der Waals surface area (Å²) in [5.74, 6) is 3.26. The van der Waals surface area contributed by atoms with Crippen LogP contribution in [-0.4, -0.2) is 19.0 Å². The third-order valence-corrected chi connectivity index (χ3v) is 3.89. The normalized spacial score (nSPS) is 39.9. The molecule has 0 fully saturated rings. The van der Waals surface area contributed by atoms with E-state index in [4.69, 9.17) is 0 Å². The molecule has 2 rings (SSSR count). The van der Waals surface area contributed by atoms with Crippen LogP contribution in [0.15, 0.2) is 23.9 Å². The van der Waals surface area contributed by atoms with E-state index in [1.54, 1.807) is 0 Å². The van der Waals surface area contributed by atoms with Crippen molar-refractivity contribution >= 4 is 0 Å². The molecule has 4 atom stereocenters. The maximum absolute atomic E-state index is 2.45. The summed E-state index contributed by atoms with van der Waals surface area (Å²) >= 11 is 0. The van der Waals surface area contributed by atoms with Gasteiger partial charge in [-0.1, -0.05) is 32.1 Å². The molecule has 2 aliphatic rings. The standard InChI is InChI=1S/C13H21N/c1-9-5-6-11(9)7-12-8-13(10(12)2)14(3)4/h5-6,8-12H,7H2,1-4H3. The molecule has 0 radical (unpaired) electrons. The Morgan fingerprint density at radius 3 is 2.21 bits per heavy atom. The second-order valence-electron chi connectivity index (χ2n) is 5.08. The lowest BCUT2D eigenvalue weighted by molar-refractivity contribution is 0.259. The molecule has 0 aromatic heterocycles. The Bertz CT molecular complexity index is 275. The fourth-order valence-corrected chi connectivity index (χ4v) is 2.54. The van der Waals surface area contributed by atoms with Gasteiger partial charge in [0.25, 0.3) is 0 Å². The first-order chi connectivity index (χ1) is 6.59. The second-order valence-corrected chi connectivity index (χ2v) is 5.08. The average molecular weight is 191 g/mol. The van der Waals surface area contributed by atoms with Gasteiger partial charge < -0.3 is 4.90 Å². The van der Waals surface area contributed by atoms with E-state index in [2.05, 4.69) is 51.1 Å². The maximum Gasteiger partial charge on any atom is 0.0125 e. The lowest BCUT2D eigenvalue weighted by atomic mass is 9.69. The van der Waals surface area contributed by atoms with Gasteiger partial charge >= 0.3 is 0 Å². The Hall–Kier alpha value is -0.720. The molecule has 0 bridgehead atoms. The minimum Gasteiger partial charge on any atom is -0.381 e. The van der Waals surface area contributed by atoms with Gasteiger partial charge in [-0.25, -0.2) is 0 Å². The van der Waals surface area contributed by atoms with E-state index in [1.165, 1.54) is 12.1 Å². The first kappa shape index (κ1) is 9.82. The van der Waals surface area contributed by atoms with Gasteiger partial charge in [0, 0.05) is 25.7 Å². The number of nitrogens with zero attached hydrogens (tertiary/aromatic N) is 1. The van der Waals surface area contributed by atoms with Crippen LogP contribution >= 0.6 is 0 Å². The minimum absolute atomic E-state index is 0.770. The van der Waals surface area contributed by atoms with Gasteiger partial charge in [0.15, 0.2) is 0 Å². The van der Waals surface area contributed by atoms with Crippen molar-refractivity contribution in [2.24, 2.45) is 23.7 Å². The van der Waals surface area contributed by atoms with Crippen LogP contribution in [0.1, 0.15) is 20.3 Å². The molecule has 0 saturated carbocycles. The van der Waals surface area contributed by atoms with E-state index >= 15 is 0 Å². The summed E-state index contributed by atoms with van der Waals surface area (Å²) in [7, 11) is 4.29. The number of hydrogen-bond donors (Lipinski definition) is 0. The van der Waals surface area contributed by atoms with Crippen molar-refractivity contribution in [1.29, 1.82) is 0 Å². The Balaban J connectivity index is 1.88. The lowest BCUT2D eigenvalue weighted by Gasteiger charge is -2.41. The van der Waals surface area contributed by atoms with Crippen molar-refractivity contribution < 1.29 is 0 Å². The zero-order valence-electron chi connectivity index (χ0n) is 9.70. The summed E-state index contributed by atoms with van der Waals surface area (Å²) < 4.78 is 0. The van der Waals surface area contributed by atoms with E-state index in [-0.39, 0.29) is 0 Å². The molecule has 1 nitrogen and oxygen atoms in total.